The van der Waals surface area contributed by atoms with Crippen LogP contribution in [-0.2, 0) is 22.6 Å². The SMILES string of the molecule is CC1Cc2ccccc2N1C(=O)Cn1c(SCC(=O)N(C)C)nc2ccccc21. The number of benzene rings is 2. The number of para-hydroxylation sites is 3. The molecule has 0 saturated carbocycles. The smallest absolute Gasteiger partial charge is 0.247 e. The van der Waals surface area contributed by atoms with E-state index < -0.39 is 0 Å². The van der Waals surface area contributed by atoms with E-state index in [1.165, 1.54) is 17.3 Å². The van der Waals surface area contributed by atoms with E-state index >= 15 is 0 Å². The fraction of sp³-hybridized carbons (Fsp3) is 0.318. The largest absolute Gasteiger partial charge is 0.348 e. The summed E-state index contributed by atoms with van der Waals surface area (Å²) in [6, 6.07) is 16.0. The molecule has 0 aliphatic carbocycles. The van der Waals surface area contributed by atoms with Crippen molar-refractivity contribution in [2.24, 2.45) is 0 Å². The lowest BCUT2D eigenvalue weighted by molar-refractivity contribution is -0.125. The van der Waals surface area contributed by atoms with Gasteiger partial charge in [0.15, 0.2) is 5.16 Å². The third-order valence-corrected chi connectivity index (χ3v) is 6.17. The lowest BCUT2D eigenvalue weighted by Gasteiger charge is -2.23. The van der Waals surface area contributed by atoms with E-state index in [1.54, 1.807) is 19.0 Å². The van der Waals surface area contributed by atoms with Gasteiger partial charge in [-0.15, -0.1) is 0 Å². The zero-order valence-electron chi connectivity index (χ0n) is 16.8. The molecule has 0 N–H and O–H groups in total. The Balaban J connectivity index is 1.64. The molecule has 150 valence electrons. The predicted octanol–water partition coefficient (Wildman–Crippen LogP) is 3.19. The van der Waals surface area contributed by atoms with Gasteiger partial charge in [-0.05, 0) is 37.1 Å². The fourth-order valence-corrected chi connectivity index (χ4v) is 4.72. The topological polar surface area (TPSA) is 58.4 Å². The molecule has 0 fully saturated rings. The van der Waals surface area contributed by atoms with Crippen molar-refractivity contribution >= 4 is 40.3 Å². The first-order valence-electron chi connectivity index (χ1n) is 9.64. The molecule has 1 aromatic heterocycles. The van der Waals surface area contributed by atoms with Crippen molar-refractivity contribution in [2.75, 3.05) is 24.7 Å². The van der Waals surface area contributed by atoms with Gasteiger partial charge in [0.25, 0.3) is 0 Å². The molecule has 1 aliphatic rings. The number of fused-ring (bicyclic) bond motifs is 2. The molecule has 2 amide bonds. The van der Waals surface area contributed by atoms with Crippen LogP contribution < -0.4 is 4.90 Å². The number of thioether (sulfide) groups is 1. The number of aromatic nitrogens is 2. The Hall–Kier alpha value is -2.80. The van der Waals surface area contributed by atoms with Crippen LogP contribution in [0.25, 0.3) is 11.0 Å². The average molecular weight is 409 g/mol. The quantitative estimate of drug-likeness (QED) is 0.609. The van der Waals surface area contributed by atoms with Crippen LogP contribution in [0.1, 0.15) is 12.5 Å². The van der Waals surface area contributed by atoms with Crippen molar-refractivity contribution in [2.45, 2.75) is 31.1 Å². The van der Waals surface area contributed by atoms with E-state index in [9.17, 15) is 9.59 Å². The third-order valence-electron chi connectivity index (χ3n) is 5.21. The van der Waals surface area contributed by atoms with Gasteiger partial charge in [0.1, 0.15) is 6.54 Å². The Bertz CT molecular complexity index is 1080. The Labute approximate surface area is 174 Å². The molecular formula is C22H24N4O2S. The molecule has 7 heteroatoms. The van der Waals surface area contributed by atoms with Gasteiger partial charge in [-0.25, -0.2) is 4.98 Å². The summed E-state index contributed by atoms with van der Waals surface area (Å²) < 4.78 is 1.93. The van der Waals surface area contributed by atoms with E-state index in [0.717, 1.165) is 23.1 Å². The number of carbonyl (C=O) groups excluding carboxylic acids is 2. The number of hydrogen-bond donors (Lipinski definition) is 0. The maximum atomic E-state index is 13.3. The van der Waals surface area contributed by atoms with Crippen molar-refractivity contribution in [3.8, 4) is 0 Å². The molecule has 0 saturated heterocycles. The molecule has 4 rings (SSSR count). The molecule has 0 radical (unpaired) electrons. The molecule has 2 aromatic carbocycles. The van der Waals surface area contributed by atoms with Crippen LogP contribution in [0.15, 0.2) is 53.7 Å². The maximum absolute atomic E-state index is 13.3. The number of anilines is 1. The molecule has 0 spiro atoms. The number of imidazole rings is 1. The van der Waals surface area contributed by atoms with Gasteiger partial charge >= 0.3 is 0 Å². The van der Waals surface area contributed by atoms with E-state index in [2.05, 4.69) is 18.0 Å². The Morgan fingerprint density at radius 1 is 1.14 bits per heavy atom. The Kier molecular flexibility index (Phi) is 5.32. The standard InChI is InChI=1S/C22H24N4O2S/c1-15-12-16-8-4-6-10-18(16)26(15)20(27)13-25-19-11-7-5-9-17(19)23-22(25)29-14-21(28)24(2)3/h4-11,15H,12-14H2,1-3H3. The van der Waals surface area contributed by atoms with Gasteiger partial charge in [0, 0.05) is 25.8 Å². The van der Waals surface area contributed by atoms with Crippen LogP contribution in [0.2, 0.25) is 0 Å². The van der Waals surface area contributed by atoms with Gasteiger partial charge < -0.3 is 14.4 Å². The highest BCUT2D eigenvalue weighted by Gasteiger charge is 2.31. The summed E-state index contributed by atoms with van der Waals surface area (Å²) in [5.41, 5.74) is 3.93. The van der Waals surface area contributed by atoms with Crippen molar-refractivity contribution in [1.82, 2.24) is 14.5 Å². The van der Waals surface area contributed by atoms with E-state index in [0.29, 0.717) is 5.16 Å². The van der Waals surface area contributed by atoms with Crippen LogP contribution in [0.5, 0.6) is 0 Å². The van der Waals surface area contributed by atoms with Gasteiger partial charge in [-0.1, -0.05) is 42.1 Å². The summed E-state index contributed by atoms with van der Waals surface area (Å²) in [7, 11) is 3.48. The summed E-state index contributed by atoms with van der Waals surface area (Å²) in [6.07, 6.45) is 0.867. The van der Waals surface area contributed by atoms with Gasteiger partial charge in [0.2, 0.25) is 11.8 Å². The van der Waals surface area contributed by atoms with Gasteiger partial charge in [-0.3, -0.25) is 9.59 Å². The van der Waals surface area contributed by atoms with E-state index in [4.69, 9.17) is 0 Å². The highest BCUT2D eigenvalue weighted by molar-refractivity contribution is 7.99. The van der Waals surface area contributed by atoms with Crippen LogP contribution in [-0.4, -0.2) is 52.2 Å². The first-order valence-corrected chi connectivity index (χ1v) is 10.6. The molecule has 1 aliphatic heterocycles. The normalized spacial score (nSPS) is 15.6. The molecule has 29 heavy (non-hydrogen) atoms. The van der Waals surface area contributed by atoms with Crippen LogP contribution in [0.3, 0.4) is 0 Å². The number of amides is 2. The minimum atomic E-state index is 0.0158. The highest BCUT2D eigenvalue weighted by atomic mass is 32.2. The summed E-state index contributed by atoms with van der Waals surface area (Å²) in [5.74, 6) is 0.335. The summed E-state index contributed by atoms with van der Waals surface area (Å²) in [6.45, 7) is 2.27. The molecular weight excluding hydrogens is 384 g/mol. The molecule has 2 heterocycles. The summed E-state index contributed by atoms with van der Waals surface area (Å²) in [5, 5.41) is 0.690. The molecule has 1 unspecified atom stereocenters. The first kappa shape index (κ1) is 19.5. The van der Waals surface area contributed by atoms with E-state index in [-0.39, 0.29) is 30.2 Å². The molecule has 3 aromatic rings. The second-order valence-electron chi connectivity index (χ2n) is 7.49. The minimum Gasteiger partial charge on any atom is -0.348 e. The maximum Gasteiger partial charge on any atom is 0.247 e. The number of nitrogens with zero attached hydrogens (tertiary/aromatic N) is 4. The van der Waals surface area contributed by atoms with Crippen LogP contribution in [0.4, 0.5) is 5.69 Å². The molecule has 0 bridgehead atoms. The minimum absolute atomic E-state index is 0.0158. The van der Waals surface area contributed by atoms with Gasteiger partial charge in [0.05, 0.1) is 16.8 Å². The van der Waals surface area contributed by atoms with Crippen molar-refractivity contribution in [1.29, 1.82) is 0 Å². The van der Waals surface area contributed by atoms with Crippen LogP contribution >= 0.6 is 11.8 Å². The Morgan fingerprint density at radius 2 is 1.86 bits per heavy atom. The highest BCUT2D eigenvalue weighted by Crippen LogP contribution is 2.33. The van der Waals surface area contributed by atoms with Crippen molar-refractivity contribution in [3.05, 3.63) is 54.1 Å². The second-order valence-corrected chi connectivity index (χ2v) is 8.43. The zero-order chi connectivity index (χ0) is 20.5. The number of rotatable bonds is 5. The van der Waals surface area contributed by atoms with Crippen LogP contribution in [0, 0.1) is 0 Å². The number of hydrogen-bond acceptors (Lipinski definition) is 4. The summed E-state index contributed by atoms with van der Waals surface area (Å²) >= 11 is 1.37. The lowest BCUT2D eigenvalue weighted by Crippen LogP contribution is -2.38. The zero-order valence-corrected chi connectivity index (χ0v) is 17.6. The lowest BCUT2D eigenvalue weighted by atomic mass is 10.1. The van der Waals surface area contributed by atoms with Crippen molar-refractivity contribution < 1.29 is 9.59 Å². The van der Waals surface area contributed by atoms with Crippen molar-refractivity contribution in [3.63, 3.8) is 0 Å². The monoisotopic (exact) mass is 408 g/mol. The fourth-order valence-electron chi connectivity index (χ4n) is 3.73. The number of carbonyl (C=O) groups is 2. The average Bonchev–Trinajstić information content (AvgIpc) is 3.22. The van der Waals surface area contributed by atoms with E-state index in [1.807, 2.05) is 51.9 Å². The molecule has 1 atom stereocenters. The first-order chi connectivity index (χ1) is 14.0. The predicted molar refractivity (Wildman–Crippen MR) is 116 cm³/mol. The van der Waals surface area contributed by atoms with Gasteiger partial charge in [-0.2, -0.15) is 0 Å². The molecule has 6 nitrogen and oxygen atoms in total. The Morgan fingerprint density at radius 3 is 2.66 bits per heavy atom. The summed E-state index contributed by atoms with van der Waals surface area (Å²) in [4.78, 5) is 33.5. The second kappa shape index (κ2) is 7.91. The third kappa shape index (κ3) is 3.74.